The van der Waals surface area contributed by atoms with Gasteiger partial charge in [-0.15, -0.1) is 0 Å². The number of rotatable bonds is 8. The third kappa shape index (κ3) is 4.21. The van der Waals surface area contributed by atoms with E-state index in [1.807, 2.05) is 55.5 Å². The molecule has 1 aliphatic heterocycles. The molecule has 0 aromatic heterocycles. The van der Waals surface area contributed by atoms with E-state index in [4.69, 9.17) is 0 Å². The molecule has 0 spiro atoms. The lowest BCUT2D eigenvalue weighted by atomic mass is 9.87. The second-order valence-corrected chi connectivity index (χ2v) is 7.74. The largest absolute Gasteiger partial charge is 0.344 e. The van der Waals surface area contributed by atoms with Crippen LogP contribution in [0.2, 0.25) is 0 Å². The van der Waals surface area contributed by atoms with Crippen LogP contribution >= 0.6 is 0 Å². The van der Waals surface area contributed by atoms with Crippen molar-refractivity contribution in [2.45, 2.75) is 38.8 Å². The van der Waals surface area contributed by atoms with Crippen molar-refractivity contribution in [3.05, 3.63) is 71.8 Å². The van der Waals surface area contributed by atoms with E-state index in [-0.39, 0.29) is 18.5 Å². The molecule has 2 atom stereocenters. The first kappa shape index (κ1) is 21.5. The molecule has 1 aliphatic rings. The fourth-order valence-corrected chi connectivity index (χ4v) is 3.80. The van der Waals surface area contributed by atoms with Crippen molar-refractivity contribution in [1.29, 1.82) is 0 Å². The third-order valence-electron chi connectivity index (χ3n) is 5.43. The van der Waals surface area contributed by atoms with E-state index in [0.29, 0.717) is 12.0 Å². The first-order valence-corrected chi connectivity index (χ1v) is 10.2. The zero-order valence-electron chi connectivity index (χ0n) is 17.5. The molecule has 2 aromatic rings. The van der Waals surface area contributed by atoms with Gasteiger partial charge in [0, 0.05) is 6.04 Å². The molecule has 30 heavy (non-hydrogen) atoms. The highest BCUT2D eigenvalue weighted by molar-refractivity contribution is 6.08. The zero-order valence-corrected chi connectivity index (χ0v) is 17.5. The summed E-state index contributed by atoms with van der Waals surface area (Å²) >= 11 is 0. The number of benzene rings is 2. The lowest BCUT2D eigenvalue weighted by Crippen LogP contribution is -2.51. The van der Waals surface area contributed by atoms with E-state index in [1.165, 1.54) is 0 Å². The summed E-state index contributed by atoms with van der Waals surface area (Å²) in [7, 11) is 0. The molecule has 3 N–H and O–H groups in total. The normalized spacial score (nSPS) is 19.7. The lowest BCUT2D eigenvalue weighted by Gasteiger charge is -2.26. The summed E-state index contributed by atoms with van der Waals surface area (Å²) in [5.41, 5.74) is 3.03. The summed E-state index contributed by atoms with van der Waals surface area (Å²) in [6.45, 7) is 5.93. The van der Waals surface area contributed by atoms with E-state index in [1.54, 1.807) is 12.1 Å². The van der Waals surface area contributed by atoms with Crippen molar-refractivity contribution < 1.29 is 14.4 Å². The Kier molecular flexibility index (Phi) is 6.52. The van der Waals surface area contributed by atoms with Gasteiger partial charge in [-0.05, 0) is 23.5 Å². The Morgan fingerprint density at radius 3 is 2.20 bits per heavy atom. The molecule has 1 heterocycles. The maximum Gasteiger partial charge on any atom is 0.344 e. The Morgan fingerprint density at radius 1 is 1.03 bits per heavy atom. The lowest BCUT2D eigenvalue weighted by molar-refractivity contribution is -0.139. The van der Waals surface area contributed by atoms with Gasteiger partial charge in [0.25, 0.3) is 11.8 Å². The van der Waals surface area contributed by atoms with Crippen LogP contribution in [-0.4, -0.2) is 29.4 Å². The molecule has 2 aromatic carbocycles. The second-order valence-electron chi connectivity index (χ2n) is 7.74. The molecule has 4 amide bonds. The van der Waals surface area contributed by atoms with E-state index in [9.17, 15) is 14.4 Å². The summed E-state index contributed by atoms with van der Waals surface area (Å²) in [6.07, 6.45) is 0.371. The number of hydrogen-bond acceptors (Lipinski definition) is 4. The van der Waals surface area contributed by atoms with E-state index < -0.39 is 23.4 Å². The molecule has 0 saturated carbocycles. The van der Waals surface area contributed by atoms with Crippen LogP contribution < -0.4 is 16.1 Å². The van der Waals surface area contributed by atoms with Gasteiger partial charge in [-0.3, -0.25) is 15.0 Å². The number of nitrogens with one attached hydrogen (secondary N) is 3. The standard InChI is InChI=1S/C23H28N4O3/c1-4-23(18-13-9-6-10-14-18)21(29)27(22(30)25-23)26-19(28)15-24-20(16(2)3)17-11-7-5-8-12-17/h5-14,16,20,24H,4,15H2,1-3H3,(H,25,30)(H,26,28)/t20-,23+/m1/s1. The predicted molar refractivity (Wildman–Crippen MR) is 114 cm³/mol. The van der Waals surface area contributed by atoms with Gasteiger partial charge < -0.3 is 10.6 Å². The van der Waals surface area contributed by atoms with E-state index >= 15 is 0 Å². The van der Waals surface area contributed by atoms with Gasteiger partial charge in [-0.2, -0.15) is 5.01 Å². The zero-order chi connectivity index (χ0) is 21.7. The molecule has 7 nitrogen and oxygen atoms in total. The first-order chi connectivity index (χ1) is 14.4. The van der Waals surface area contributed by atoms with Gasteiger partial charge >= 0.3 is 6.03 Å². The van der Waals surface area contributed by atoms with Crippen LogP contribution in [0.25, 0.3) is 0 Å². The Hall–Kier alpha value is -3.19. The van der Waals surface area contributed by atoms with Gasteiger partial charge in [0.05, 0.1) is 6.54 Å². The molecule has 0 unspecified atom stereocenters. The molecule has 0 radical (unpaired) electrons. The van der Waals surface area contributed by atoms with E-state index in [2.05, 4.69) is 29.9 Å². The van der Waals surface area contributed by atoms with Crippen molar-refractivity contribution in [3.8, 4) is 0 Å². The molecule has 3 rings (SSSR count). The number of hydrazine groups is 1. The summed E-state index contributed by atoms with van der Waals surface area (Å²) in [4.78, 5) is 38.1. The van der Waals surface area contributed by atoms with Gasteiger partial charge in [0.15, 0.2) is 0 Å². The third-order valence-corrected chi connectivity index (χ3v) is 5.43. The quantitative estimate of drug-likeness (QED) is 0.586. The summed E-state index contributed by atoms with van der Waals surface area (Å²) in [5, 5.41) is 6.76. The van der Waals surface area contributed by atoms with Crippen molar-refractivity contribution in [2.24, 2.45) is 5.92 Å². The van der Waals surface area contributed by atoms with Crippen LogP contribution in [0.1, 0.15) is 44.4 Å². The summed E-state index contributed by atoms with van der Waals surface area (Å²) in [6, 6.07) is 18.2. The second kappa shape index (κ2) is 9.09. The minimum Gasteiger partial charge on any atom is -0.318 e. The van der Waals surface area contributed by atoms with Crippen molar-refractivity contribution in [2.75, 3.05) is 6.54 Å². The van der Waals surface area contributed by atoms with Crippen LogP contribution in [0.15, 0.2) is 60.7 Å². The number of carbonyl (C=O) groups is 3. The molecule has 1 fully saturated rings. The predicted octanol–water partition coefficient (Wildman–Crippen LogP) is 2.86. The average Bonchev–Trinajstić information content (AvgIpc) is 3.00. The molecule has 0 bridgehead atoms. The highest BCUT2D eigenvalue weighted by Gasteiger charge is 2.52. The Balaban J connectivity index is 1.68. The molecular formula is C23H28N4O3. The van der Waals surface area contributed by atoms with Crippen LogP contribution in [0.4, 0.5) is 4.79 Å². The number of hydrogen-bond donors (Lipinski definition) is 3. The molecular weight excluding hydrogens is 380 g/mol. The average molecular weight is 409 g/mol. The highest BCUT2D eigenvalue weighted by atomic mass is 16.2. The van der Waals surface area contributed by atoms with Crippen molar-refractivity contribution in [1.82, 2.24) is 21.1 Å². The maximum atomic E-state index is 13.1. The monoisotopic (exact) mass is 408 g/mol. The number of carbonyl (C=O) groups excluding carboxylic acids is 3. The molecule has 7 heteroatoms. The smallest absolute Gasteiger partial charge is 0.318 e. The topological polar surface area (TPSA) is 90.5 Å². The molecule has 158 valence electrons. The SMILES string of the molecule is CC[C@@]1(c2ccccc2)NC(=O)N(NC(=O)CN[C@@H](c2ccccc2)C(C)C)C1=O. The van der Waals surface area contributed by atoms with Gasteiger partial charge in [-0.25, -0.2) is 4.79 Å². The Bertz CT molecular complexity index is 901. The van der Waals surface area contributed by atoms with Crippen LogP contribution in [0, 0.1) is 5.92 Å². The highest BCUT2D eigenvalue weighted by Crippen LogP contribution is 2.31. The number of nitrogens with zero attached hydrogens (tertiary/aromatic N) is 1. The van der Waals surface area contributed by atoms with Crippen LogP contribution in [-0.2, 0) is 15.1 Å². The minimum atomic E-state index is -1.18. The summed E-state index contributed by atoms with van der Waals surface area (Å²) in [5.74, 6) is -0.694. The number of imide groups is 1. The van der Waals surface area contributed by atoms with Crippen LogP contribution in [0.3, 0.4) is 0 Å². The van der Waals surface area contributed by atoms with Crippen LogP contribution in [0.5, 0.6) is 0 Å². The Morgan fingerprint density at radius 2 is 1.63 bits per heavy atom. The maximum absolute atomic E-state index is 13.1. The van der Waals surface area contributed by atoms with Crippen molar-refractivity contribution in [3.63, 3.8) is 0 Å². The van der Waals surface area contributed by atoms with Crippen molar-refractivity contribution >= 4 is 17.8 Å². The van der Waals surface area contributed by atoms with E-state index in [0.717, 1.165) is 10.6 Å². The van der Waals surface area contributed by atoms with Gasteiger partial charge in [0.2, 0.25) is 0 Å². The number of amides is 4. The van der Waals surface area contributed by atoms with Gasteiger partial charge in [0.1, 0.15) is 5.54 Å². The van der Waals surface area contributed by atoms with Gasteiger partial charge in [-0.1, -0.05) is 81.4 Å². The summed E-state index contributed by atoms with van der Waals surface area (Å²) < 4.78 is 0. The molecule has 0 aliphatic carbocycles. The molecule has 1 saturated heterocycles. The fourth-order valence-electron chi connectivity index (χ4n) is 3.80. The first-order valence-electron chi connectivity index (χ1n) is 10.2. The fraction of sp³-hybridized carbons (Fsp3) is 0.348. The Labute approximate surface area is 176 Å². The minimum absolute atomic E-state index is 0.0285. The number of urea groups is 1.